The predicted molar refractivity (Wildman–Crippen MR) is 109 cm³/mol. The second-order valence-corrected chi connectivity index (χ2v) is 10.8. The van der Waals surface area contributed by atoms with E-state index in [0.29, 0.717) is 29.2 Å². The molecular formula is C23H41NO3. The van der Waals surface area contributed by atoms with Crippen LogP contribution in [0.25, 0.3) is 0 Å². The number of carbonyl (C=O) groups is 1. The van der Waals surface area contributed by atoms with Gasteiger partial charge in [0.05, 0.1) is 6.10 Å². The van der Waals surface area contributed by atoms with E-state index in [1.54, 1.807) is 0 Å². The number of fused-ring (bicyclic) bond motifs is 1. The van der Waals surface area contributed by atoms with E-state index in [4.69, 9.17) is 4.74 Å². The summed E-state index contributed by atoms with van der Waals surface area (Å²) in [5.41, 5.74) is -0.106. The topological polar surface area (TPSA) is 49.8 Å². The molecule has 0 aliphatic heterocycles. The lowest BCUT2D eigenvalue weighted by Gasteiger charge is -2.45. The number of aliphatic hydroxyl groups is 1. The van der Waals surface area contributed by atoms with Crippen LogP contribution in [-0.4, -0.2) is 40.4 Å². The van der Waals surface area contributed by atoms with Gasteiger partial charge in [0.2, 0.25) is 0 Å². The molecule has 156 valence electrons. The zero-order valence-corrected chi connectivity index (χ0v) is 18.2. The summed E-state index contributed by atoms with van der Waals surface area (Å²) < 4.78 is 5.62. The maximum Gasteiger partial charge on any atom is 0.410 e. The van der Waals surface area contributed by atoms with Gasteiger partial charge in [0.25, 0.3) is 0 Å². The predicted octanol–water partition coefficient (Wildman–Crippen LogP) is 5.38. The molecule has 0 bridgehead atoms. The zero-order chi connectivity index (χ0) is 19.8. The lowest BCUT2D eigenvalue weighted by Crippen LogP contribution is -2.41. The molecule has 3 fully saturated rings. The minimum atomic E-state index is -0.424. The number of amides is 1. The highest BCUT2D eigenvalue weighted by Crippen LogP contribution is 2.58. The number of carbonyl (C=O) groups excluding carboxylic acids is 1. The van der Waals surface area contributed by atoms with E-state index >= 15 is 0 Å². The van der Waals surface area contributed by atoms with E-state index in [1.807, 2.05) is 25.7 Å². The Morgan fingerprint density at radius 2 is 1.93 bits per heavy atom. The van der Waals surface area contributed by atoms with Gasteiger partial charge in [-0.1, -0.05) is 20.3 Å². The van der Waals surface area contributed by atoms with Crippen LogP contribution in [0.5, 0.6) is 0 Å². The molecule has 4 nitrogen and oxygen atoms in total. The lowest BCUT2D eigenvalue weighted by atomic mass is 9.61. The molecule has 1 amide bonds. The summed E-state index contributed by atoms with van der Waals surface area (Å²) >= 11 is 0. The van der Waals surface area contributed by atoms with Gasteiger partial charge in [-0.3, -0.25) is 0 Å². The standard InChI is InChI=1S/C23H41NO3/c1-16(18-12-13-19-20(25)9-6-14-23(18,19)5)8-7-15-24(17-10-11-17)21(26)27-22(2,3)4/h16-20,25H,6-15H2,1-5H3/t16-,18-,19+,20+,23-/m1/s1. The van der Waals surface area contributed by atoms with Crippen LogP contribution in [0.2, 0.25) is 0 Å². The number of hydrogen-bond donors (Lipinski definition) is 1. The summed E-state index contributed by atoms with van der Waals surface area (Å²) in [4.78, 5) is 14.5. The fourth-order valence-corrected chi connectivity index (χ4v) is 6.04. The van der Waals surface area contributed by atoms with E-state index < -0.39 is 5.60 Å². The average molecular weight is 380 g/mol. The highest BCUT2D eigenvalue weighted by Gasteiger charge is 2.52. The van der Waals surface area contributed by atoms with Crippen LogP contribution in [0.4, 0.5) is 4.79 Å². The molecular weight excluding hydrogens is 338 g/mol. The Kier molecular flexibility index (Phi) is 6.15. The van der Waals surface area contributed by atoms with Crippen molar-refractivity contribution in [3.63, 3.8) is 0 Å². The minimum absolute atomic E-state index is 0.0847. The van der Waals surface area contributed by atoms with Gasteiger partial charge in [-0.25, -0.2) is 4.79 Å². The zero-order valence-electron chi connectivity index (χ0n) is 18.2. The third-order valence-corrected chi connectivity index (χ3v) is 7.52. The number of ether oxygens (including phenoxy) is 1. The summed E-state index contributed by atoms with van der Waals surface area (Å²) in [6, 6.07) is 0.400. The maximum absolute atomic E-state index is 12.5. The largest absolute Gasteiger partial charge is 0.444 e. The average Bonchev–Trinajstić information content (AvgIpc) is 3.31. The lowest BCUT2D eigenvalue weighted by molar-refractivity contribution is -0.0281. The summed E-state index contributed by atoms with van der Waals surface area (Å²) in [7, 11) is 0. The second kappa shape index (κ2) is 7.93. The van der Waals surface area contributed by atoms with Crippen molar-refractivity contribution >= 4 is 6.09 Å². The van der Waals surface area contributed by atoms with E-state index in [1.165, 1.54) is 25.7 Å². The summed E-state index contributed by atoms with van der Waals surface area (Å²) in [5, 5.41) is 10.5. The van der Waals surface area contributed by atoms with Crippen LogP contribution in [-0.2, 0) is 4.74 Å². The number of hydrogen-bond acceptors (Lipinski definition) is 3. The van der Waals surface area contributed by atoms with Gasteiger partial charge in [0.1, 0.15) is 5.60 Å². The second-order valence-electron chi connectivity index (χ2n) is 10.8. The molecule has 0 saturated heterocycles. The number of aliphatic hydroxyl groups excluding tert-OH is 1. The summed E-state index contributed by atoms with van der Waals surface area (Å²) in [6.07, 6.45) is 10.1. The Labute approximate surface area is 166 Å². The Hall–Kier alpha value is -0.770. The van der Waals surface area contributed by atoms with Gasteiger partial charge in [-0.05, 0) is 95.3 Å². The van der Waals surface area contributed by atoms with E-state index in [9.17, 15) is 9.90 Å². The third kappa shape index (κ3) is 4.81. The molecule has 3 aliphatic rings. The molecule has 1 N–H and O–H groups in total. The van der Waals surface area contributed by atoms with E-state index in [2.05, 4.69) is 13.8 Å². The molecule has 27 heavy (non-hydrogen) atoms. The van der Waals surface area contributed by atoms with Crippen LogP contribution in [0.1, 0.15) is 92.4 Å². The molecule has 0 aromatic rings. The van der Waals surface area contributed by atoms with E-state index in [0.717, 1.165) is 38.6 Å². The molecule has 0 radical (unpaired) electrons. The quantitative estimate of drug-likeness (QED) is 0.674. The fraction of sp³-hybridized carbons (Fsp3) is 0.957. The molecule has 0 aromatic heterocycles. The molecule has 3 saturated carbocycles. The van der Waals surface area contributed by atoms with Crippen molar-refractivity contribution in [2.24, 2.45) is 23.2 Å². The first-order valence-corrected chi connectivity index (χ1v) is 11.3. The number of rotatable bonds is 6. The highest BCUT2D eigenvalue weighted by molar-refractivity contribution is 5.69. The Balaban J connectivity index is 1.51. The molecule has 0 spiro atoms. The summed E-state index contributed by atoms with van der Waals surface area (Å²) in [5.74, 6) is 1.88. The van der Waals surface area contributed by atoms with Crippen LogP contribution in [0, 0.1) is 23.2 Å². The summed E-state index contributed by atoms with van der Waals surface area (Å²) in [6.45, 7) is 11.5. The smallest absolute Gasteiger partial charge is 0.410 e. The van der Waals surface area contributed by atoms with Crippen molar-refractivity contribution in [2.45, 2.75) is 110 Å². The SMILES string of the molecule is C[C@H](CCCN(C(=O)OC(C)(C)C)C1CC1)[C@H]1CC[C@H]2[C@@H](O)CCC[C@]12C. The molecule has 3 aliphatic carbocycles. The van der Waals surface area contributed by atoms with Crippen LogP contribution in [0.15, 0.2) is 0 Å². The third-order valence-electron chi connectivity index (χ3n) is 7.52. The Morgan fingerprint density at radius 3 is 2.56 bits per heavy atom. The van der Waals surface area contributed by atoms with E-state index in [-0.39, 0.29) is 12.2 Å². The Morgan fingerprint density at radius 1 is 1.22 bits per heavy atom. The molecule has 3 rings (SSSR count). The van der Waals surface area contributed by atoms with Crippen molar-refractivity contribution in [3.8, 4) is 0 Å². The Bertz CT molecular complexity index is 524. The van der Waals surface area contributed by atoms with Crippen molar-refractivity contribution in [1.29, 1.82) is 0 Å². The molecule has 0 unspecified atom stereocenters. The highest BCUT2D eigenvalue weighted by atomic mass is 16.6. The van der Waals surface area contributed by atoms with Crippen LogP contribution in [0.3, 0.4) is 0 Å². The molecule has 4 heteroatoms. The van der Waals surface area contributed by atoms with Gasteiger partial charge in [0, 0.05) is 12.6 Å². The fourth-order valence-electron chi connectivity index (χ4n) is 6.04. The molecule has 5 atom stereocenters. The van der Waals surface area contributed by atoms with Gasteiger partial charge in [-0.15, -0.1) is 0 Å². The van der Waals surface area contributed by atoms with Gasteiger partial charge in [0.15, 0.2) is 0 Å². The molecule has 0 aromatic carbocycles. The van der Waals surface area contributed by atoms with Crippen molar-refractivity contribution in [3.05, 3.63) is 0 Å². The van der Waals surface area contributed by atoms with Crippen LogP contribution >= 0.6 is 0 Å². The first kappa shape index (κ1) is 21.0. The van der Waals surface area contributed by atoms with Crippen LogP contribution < -0.4 is 0 Å². The number of nitrogens with zero attached hydrogens (tertiary/aromatic N) is 1. The first-order valence-electron chi connectivity index (χ1n) is 11.3. The van der Waals surface area contributed by atoms with Crippen molar-refractivity contribution in [2.75, 3.05) is 6.54 Å². The minimum Gasteiger partial charge on any atom is -0.444 e. The van der Waals surface area contributed by atoms with Gasteiger partial charge >= 0.3 is 6.09 Å². The van der Waals surface area contributed by atoms with Crippen molar-refractivity contribution < 1.29 is 14.6 Å². The van der Waals surface area contributed by atoms with Gasteiger partial charge in [-0.2, -0.15) is 0 Å². The maximum atomic E-state index is 12.5. The van der Waals surface area contributed by atoms with Gasteiger partial charge < -0.3 is 14.7 Å². The normalized spacial score (nSPS) is 34.8. The van der Waals surface area contributed by atoms with Crippen molar-refractivity contribution in [1.82, 2.24) is 4.90 Å². The molecule has 0 heterocycles. The monoisotopic (exact) mass is 379 g/mol. The first-order chi connectivity index (χ1) is 12.6.